The van der Waals surface area contributed by atoms with Gasteiger partial charge in [-0.25, -0.2) is 0 Å². The number of hydrogen-bond donors (Lipinski definition) is 1. The predicted molar refractivity (Wildman–Crippen MR) is 99.5 cm³/mol. The maximum Gasteiger partial charge on any atom is 0.243 e. The molecule has 6 heteroatoms. The lowest BCUT2D eigenvalue weighted by Gasteiger charge is -2.33. The van der Waals surface area contributed by atoms with Crippen molar-refractivity contribution in [3.05, 3.63) is 48.0 Å². The van der Waals surface area contributed by atoms with Crippen molar-refractivity contribution in [2.24, 2.45) is 11.8 Å². The molecule has 3 amide bonds. The summed E-state index contributed by atoms with van der Waals surface area (Å²) in [5.41, 5.74) is 1.30. The van der Waals surface area contributed by atoms with E-state index in [1.54, 1.807) is 4.90 Å². The molecule has 4 rings (SSSR count). The molecule has 2 aliphatic heterocycles. The lowest BCUT2D eigenvalue weighted by atomic mass is 9.85. The number of rotatable bonds is 4. The number of benzene rings is 1. The average molecular weight is 368 g/mol. The SMILES string of the molecule is O=C(CN1C(=O)[C@H]2CC=CC[C@@H]2C1=O)N1CC[NH+](Cc2ccccc2)CC1. The van der Waals surface area contributed by atoms with Crippen molar-refractivity contribution in [3.63, 3.8) is 0 Å². The quantitative estimate of drug-likeness (QED) is 0.595. The van der Waals surface area contributed by atoms with E-state index in [2.05, 4.69) is 12.1 Å². The van der Waals surface area contributed by atoms with Crippen LogP contribution in [0.4, 0.5) is 0 Å². The molecule has 1 aromatic rings. The van der Waals surface area contributed by atoms with Crippen LogP contribution in [0.1, 0.15) is 18.4 Å². The standard InChI is InChI=1S/C21H25N3O3/c25-19(15-24-20(26)17-8-4-5-9-18(17)21(24)27)23-12-10-22(11-13-23)14-16-6-2-1-3-7-16/h1-7,17-18H,8-15H2/p+1/t17-,18-/m0/s1. The molecule has 1 aromatic carbocycles. The maximum atomic E-state index is 12.7. The summed E-state index contributed by atoms with van der Waals surface area (Å²) >= 11 is 0. The van der Waals surface area contributed by atoms with Gasteiger partial charge in [0.1, 0.15) is 13.1 Å². The Morgan fingerprint density at radius 3 is 2.15 bits per heavy atom. The normalized spacial score (nSPS) is 25.8. The van der Waals surface area contributed by atoms with E-state index in [9.17, 15) is 14.4 Å². The molecule has 0 aromatic heterocycles. The second-order valence-electron chi connectivity index (χ2n) is 7.71. The van der Waals surface area contributed by atoms with Crippen molar-refractivity contribution in [2.75, 3.05) is 32.7 Å². The predicted octanol–water partition coefficient (Wildman–Crippen LogP) is -0.135. The summed E-state index contributed by atoms with van der Waals surface area (Å²) in [6.07, 6.45) is 5.15. The number of likely N-dealkylation sites (tertiary alicyclic amines) is 1. The molecule has 2 heterocycles. The molecule has 0 radical (unpaired) electrons. The van der Waals surface area contributed by atoms with Crippen LogP contribution in [0.15, 0.2) is 42.5 Å². The van der Waals surface area contributed by atoms with Crippen LogP contribution in [0, 0.1) is 11.8 Å². The first kappa shape index (κ1) is 17.9. The summed E-state index contributed by atoms with van der Waals surface area (Å²) in [4.78, 5) is 42.2. The van der Waals surface area contributed by atoms with Crippen molar-refractivity contribution in [1.29, 1.82) is 0 Å². The fourth-order valence-corrected chi connectivity index (χ4v) is 4.39. The lowest BCUT2D eigenvalue weighted by Crippen LogP contribution is -3.13. The van der Waals surface area contributed by atoms with Gasteiger partial charge in [0.05, 0.1) is 38.0 Å². The van der Waals surface area contributed by atoms with Crippen molar-refractivity contribution in [3.8, 4) is 0 Å². The van der Waals surface area contributed by atoms with Gasteiger partial charge in [0.25, 0.3) is 0 Å². The van der Waals surface area contributed by atoms with Crippen LogP contribution in [0.25, 0.3) is 0 Å². The first-order chi connectivity index (χ1) is 13.1. The summed E-state index contributed by atoms with van der Waals surface area (Å²) in [5, 5.41) is 0. The molecule has 2 atom stereocenters. The number of amides is 3. The second-order valence-corrected chi connectivity index (χ2v) is 7.71. The minimum atomic E-state index is -0.262. The van der Waals surface area contributed by atoms with Crippen molar-refractivity contribution in [1.82, 2.24) is 9.80 Å². The highest BCUT2D eigenvalue weighted by Crippen LogP contribution is 2.34. The van der Waals surface area contributed by atoms with Crippen LogP contribution >= 0.6 is 0 Å². The summed E-state index contributed by atoms with van der Waals surface area (Å²) in [6.45, 7) is 3.98. The smallest absolute Gasteiger partial charge is 0.243 e. The fraction of sp³-hybridized carbons (Fsp3) is 0.476. The van der Waals surface area contributed by atoms with E-state index < -0.39 is 0 Å². The zero-order chi connectivity index (χ0) is 18.8. The van der Waals surface area contributed by atoms with Gasteiger partial charge in [0.2, 0.25) is 17.7 Å². The molecule has 27 heavy (non-hydrogen) atoms. The summed E-state index contributed by atoms with van der Waals surface area (Å²) < 4.78 is 0. The Balaban J connectivity index is 1.30. The third-order valence-electron chi connectivity index (χ3n) is 6.01. The minimum Gasteiger partial charge on any atom is -0.330 e. The molecule has 2 saturated heterocycles. The van der Waals surface area contributed by atoms with Gasteiger partial charge >= 0.3 is 0 Å². The Kier molecular flexibility index (Phi) is 5.07. The molecular formula is C21H26N3O3+. The highest BCUT2D eigenvalue weighted by Gasteiger charge is 2.48. The van der Waals surface area contributed by atoms with Gasteiger partial charge in [-0.2, -0.15) is 0 Å². The van der Waals surface area contributed by atoms with Gasteiger partial charge in [-0.1, -0.05) is 42.5 Å². The van der Waals surface area contributed by atoms with Crippen LogP contribution in [0.5, 0.6) is 0 Å². The molecule has 0 unspecified atom stereocenters. The number of nitrogens with zero attached hydrogens (tertiary/aromatic N) is 2. The number of carbonyl (C=O) groups excluding carboxylic acids is 3. The van der Waals surface area contributed by atoms with E-state index in [0.717, 1.165) is 19.6 Å². The monoisotopic (exact) mass is 368 g/mol. The van der Waals surface area contributed by atoms with Crippen LogP contribution < -0.4 is 4.90 Å². The second kappa shape index (κ2) is 7.64. The number of fused-ring (bicyclic) bond motifs is 1. The molecule has 0 spiro atoms. The largest absolute Gasteiger partial charge is 0.330 e. The Labute approximate surface area is 159 Å². The molecule has 6 nitrogen and oxygen atoms in total. The lowest BCUT2D eigenvalue weighted by molar-refractivity contribution is -0.917. The molecule has 0 bridgehead atoms. The number of allylic oxidation sites excluding steroid dienone is 2. The molecule has 1 N–H and O–H groups in total. The Bertz CT molecular complexity index is 727. The number of imide groups is 1. The molecule has 1 aliphatic carbocycles. The highest BCUT2D eigenvalue weighted by molar-refractivity contribution is 6.07. The van der Waals surface area contributed by atoms with E-state index in [1.165, 1.54) is 15.4 Å². The molecule has 0 saturated carbocycles. The van der Waals surface area contributed by atoms with Gasteiger partial charge in [-0.3, -0.25) is 19.3 Å². The zero-order valence-electron chi connectivity index (χ0n) is 15.5. The zero-order valence-corrected chi connectivity index (χ0v) is 15.5. The summed E-state index contributed by atoms with van der Waals surface area (Å²) in [5.74, 6) is -0.973. The van der Waals surface area contributed by atoms with Gasteiger partial charge in [-0.15, -0.1) is 0 Å². The number of carbonyl (C=O) groups is 3. The van der Waals surface area contributed by atoms with E-state index in [-0.39, 0.29) is 36.1 Å². The van der Waals surface area contributed by atoms with Crippen LogP contribution in [-0.2, 0) is 20.9 Å². The Morgan fingerprint density at radius 1 is 0.963 bits per heavy atom. The maximum absolute atomic E-state index is 12.7. The molecule has 3 aliphatic rings. The average Bonchev–Trinajstić information content (AvgIpc) is 2.94. The molecule has 142 valence electrons. The topological polar surface area (TPSA) is 62.1 Å². The minimum absolute atomic E-state index is 0.0985. The van der Waals surface area contributed by atoms with Gasteiger partial charge in [0, 0.05) is 5.56 Å². The highest BCUT2D eigenvalue weighted by atomic mass is 16.2. The van der Waals surface area contributed by atoms with Crippen molar-refractivity contribution in [2.45, 2.75) is 19.4 Å². The molecular weight excluding hydrogens is 342 g/mol. The summed E-state index contributed by atoms with van der Waals surface area (Å²) in [6, 6.07) is 10.4. The number of hydrogen-bond acceptors (Lipinski definition) is 3. The first-order valence-corrected chi connectivity index (χ1v) is 9.79. The Hall–Kier alpha value is -2.47. The van der Waals surface area contributed by atoms with Crippen molar-refractivity contribution < 1.29 is 19.3 Å². The Morgan fingerprint density at radius 2 is 1.56 bits per heavy atom. The van der Waals surface area contributed by atoms with Crippen LogP contribution in [0.2, 0.25) is 0 Å². The van der Waals surface area contributed by atoms with Crippen LogP contribution in [0.3, 0.4) is 0 Å². The van der Waals surface area contributed by atoms with Gasteiger partial charge < -0.3 is 9.80 Å². The van der Waals surface area contributed by atoms with Crippen LogP contribution in [-0.4, -0.2) is 60.2 Å². The summed E-state index contributed by atoms with van der Waals surface area (Å²) in [7, 11) is 0. The number of piperazine rings is 1. The van der Waals surface area contributed by atoms with Gasteiger partial charge in [-0.05, 0) is 12.8 Å². The third kappa shape index (κ3) is 3.67. The third-order valence-corrected chi connectivity index (χ3v) is 6.01. The van der Waals surface area contributed by atoms with E-state index in [4.69, 9.17) is 0 Å². The number of nitrogens with one attached hydrogen (secondary N) is 1. The molecule has 2 fully saturated rings. The van der Waals surface area contributed by atoms with Gasteiger partial charge in [0.15, 0.2) is 0 Å². The fourth-order valence-electron chi connectivity index (χ4n) is 4.39. The van der Waals surface area contributed by atoms with E-state index in [1.807, 2.05) is 30.4 Å². The van der Waals surface area contributed by atoms with Crippen molar-refractivity contribution >= 4 is 17.7 Å². The first-order valence-electron chi connectivity index (χ1n) is 9.79. The van der Waals surface area contributed by atoms with E-state index >= 15 is 0 Å². The van der Waals surface area contributed by atoms with E-state index in [0.29, 0.717) is 25.9 Å². The number of quaternary nitrogens is 1.